The third-order valence-corrected chi connectivity index (χ3v) is 2.39. The van der Waals surface area contributed by atoms with Crippen molar-refractivity contribution in [1.29, 1.82) is 0 Å². The maximum absolute atomic E-state index is 12.0. The predicted octanol–water partition coefficient (Wildman–Crippen LogP) is 0.145. The highest BCUT2D eigenvalue weighted by atomic mass is 16.2. The summed E-state index contributed by atoms with van der Waals surface area (Å²) in [4.78, 5) is 23.7. The molecule has 2 rings (SSSR count). The van der Waals surface area contributed by atoms with Crippen molar-refractivity contribution in [3.05, 3.63) is 53.9 Å². The number of nitrogens with zero attached hydrogens (tertiary/aromatic N) is 3. The molecule has 100 valence electrons. The third kappa shape index (κ3) is 3.86. The molecule has 0 saturated carbocycles. The number of hydrogen-bond donors (Lipinski definition) is 2. The van der Waals surface area contributed by atoms with E-state index in [1.54, 1.807) is 18.3 Å². The van der Waals surface area contributed by atoms with Crippen molar-refractivity contribution in [3.8, 4) is 11.8 Å². The fraction of sp³-hybridized carbons (Fsp3) is 0.143. The SMILES string of the molecule is O=C(NCc1ccncn1)c1cncc(C#CCO)c1. The summed E-state index contributed by atoms with van der Waals surface area (Å²) in [5.74, 6) is 4.95. The normalized spacial score (nSPS) is 9.45. The van der Waals surface area contributed by atoms with Crippen LogP contribution in [-0.2, 0) is 6.54 Å². The molecule has 1 amide bonds. The highest BCUT2D eigenvalue weighted by molar-refractivity contribution is 5.94. The number of amides is 1. The summed E-state index contributed by atoms with van der Waals surface area (Å²) in [5, 5.41) is 11.4. The molecule has 20 heavy (non-hydrogen) atoms. The lowest BCUT2D eigenvalue weighted by molar-refractivity contribution is 0.0950. The zero-order chi connectivity index (χ0) is 14.2. The highest BCUT2D eigenvalue weighted by Crippen LogP contribution is 2.02. The van der Waals surface area contributed by atoms with Crippen LogP contribution in [0.2, 0.25) is 0 Å². The van der Waals surface area contributed by atoms with Gasteiger partial charge in [-0.1, -0.05) is 11.8 Å². The van der Waals surface area contributed by atoms with E-state index in [1.165, 1.54) is 18.7 Å². The monoisotopic (exact) mass is 268 g/mol. The maximum Gasteiger partial charge on any atom is 0.253 e. The largest absolute Gasteiger partial charge is 0.384 e. The Balaban J connectivity index is 2.02. The topological polar surface area (TPSA) is 88.0 Å². The zero-order valence-electron chi connectivity index (χ0n) is 10.6. The summed E-state index contributed by atoms with van der Waals surface area (Å²) >= 11 is 0. The molecule has 2 heterocycles. The van der Waals surface area contributed by atoms with Crippen molar-refractivity contribution in [2.75, 3.05) is 6.61 Å². The Bertz CT molecular complexity index is 647. The van der Waals surface area contributed by atoms with Crippen molar-refractivity contribution in [1.82, 2.24) is 20.3 Å². The van der Waals surface area contributed by atoms with Gasteiger partial charge in [0.1, 0.15) is 12.9 Å². The Labute approximate surface area is 115 Å². The van der Waals surface area contributed by atoms with Gasteiger partial charge in [0.15, 0.2) is 0 Å². The van der Waals surface area contributed by atoms with Crippen molar-refractivity contribution < 1.29 is 9.90 Å². The summed E-state index contributed by atoms with van der Waals surface area (Å²) in [6.07, 6.45) is 6.03. The number of aromatic nitrogens is 3. The molecular formula is C14H12N4O2. The summed E-state index contributed by atoms with van der Waals surface area (Å²) in [6, 6.07) is 3.34. The van der Waals surface area contributed by atoms with Gasteiger partial charge in [-0.05, 0) is 12.1 Å². The van der Waals surface area contributed by atoms with E-state index in [-0.39, 0.29) is 12.5 Å². The Morgan fingerprint density at radius 3 is 3.00 bits per heavy atom. The van der Waals surface area contributed by atoms with Crippen molar-refractivity contribution in [3.63, 3.8) is 0 Å². The number of nitrogens with one attached hydrogen (secondary N) is 1. The Morgan fingerprint density at radius 1 is 1.35 bits per heavy atom. The summed E-state index contributed by atoms with van der Waals surface area (Å²) in [7, 11) is 0. The average Bonchev–Trinajstić information content (AvgIpc) is 2.52. The van der Waals surface area contributed by atoms with Crippen molar-refractivity contribution in [2.45, 2.75) is 6.54 Å². The molecule has 0 aliphatic carbocycles. The van der Waals surface area contributed by atoms with Gasteiger partial charge in [0.25, 0.3) is 5.91 Å². The number of aliphatic hydroxyl groups is 1. The van der Waals surface area contributed by atoms with Crippen LogP contribution in [0.15, 0.2) is 37.1 Å². The van der Waals surface area contributed by atoms with E-state index in [0.29, 0.717) is 17.7 Å². The van der Waals surface area contributed by atoms with E-state index in [2.05, 4.69) is 32.1 Å². The molecule has 6 nitrogen and oxygen atoms in total. The van der Waals surface area contributed by atoms with Gasteiger partial charge in [0.05, 0.1) is 17.8 Å². The second-order valence-electron chi connectivity index (χ2n) is 3.81. The van der Waals surface area contributed by atoms with E-state index < -0.39 is 0 Å². The van der Waals surface area contributed by atoms with E-state index in [0.717, 1.165) is 5.69 Å². The maximum atomic E-state index is 12.0. The number of hydrogen-bond acceptors (Lipinski definition) is 5. The van der Waals surface area contributed by atoms with Gasteiger partial charge in [0, 0.05) is 24.2 Å². The molecule has 2 N–H and O–H groups in total. The molecule has 0 aliphatic rings. The van der Waals surface area contributed by atoms with Crippen LogP contribution >= 0.6 is 0 Å². The summed E-state index contributed by atoms with van der Waals surface area (Å²) < 4.78 is 0. The first-order chi connectivity index (χ1) is 9.79. The molecule has 2 aromatic rings. The minimum absolute atomic E-state index is 0.232. The van der Waals surface area contributed by atoms with Gasteiger partial charge in [-0.2, -0.15) is 0 Å². The van der Waals surface area contributed by atoms with Crippen LogP contribution in [0.5, 0.6) is 0 Å². The lowest BCUT2D eigenvalue weighted by atomic mass is 10.2. The first-order valence-electron chi connectivity index (χ1n) is 5.87. The molecule has 0 atom stereocenters. The van der Waals surface area contributed by atoms with Crippen molar-refractivity contribution >= 4 is 5.91 Å². The second-order valence-corrected chi connectivity index (χ2v) is 3.81. The van der Waals surface area contributed by atoms with E-state index in [1.807, 2.05) is 0 Å². The molecule has 0 aliphatic heterocycles. The minimum atomic E-state index is -0.260. The molecule has 0 fully saturated rings. The quantitative estimate of drug-likeness (QED) is 0.773. The average molecular weight is 268 g/mol. The smallest absolute Gasteiger partial charge is 0.253 e. The summed E-state index contributed by atoms with van der Waals surface area (Å²) in [5.41, 5.74) is 1.70. The second kappa shape index (κ2) is 6.97. The van der Waals surface area contributed by atoms with Gasteiger partial charge in [0.2, 0.25) is 0 Å². The van der Waals surface area contributed by atoms with Crippen LogP contribution in [0.4, 0.5) is 0 Å². The van der Waals surface area contributed by atoms with Crippen LogP contribution in [0.25, 0.3) is 0 Å². The minimum Gasteiger partial charge on any atom is -0.384 e. The molecule has 0 radical (unpaired) electrons. The van der Waals surface area contributed by atoms with Crippen LogP contribution in [0.1, 0.15) is 21.6 Å². The van der Waals surface area contributed by atoms with E-state index >= 15 is 0 Å². The van der Waals surface area contributed by atoms with Gasteiger partial charge < -0.3 is 10.4 Å². The molecular weight excluding hydrogens is 256 g/mol. The fourth-order valence-corrected chi connectivity index (χ4v) is 1.47. The molecule has 2 aromatic heterocycles. The Morgan fingerprint density at radius 2 is 2.25 bits per heavy atom. The van der Waals surface area contributed by atoms with Gasteiger partial charge in [-0.3, -0.25) is 9.78 Å². The molecule has 0 aromatic carbocycles. The van der Waals surface area contributed by atoms with E-state index in [9.17, 15) is 4.79 Å². The molecule has 0 spiro atoms. The van der Waals surface area contributed by atoms with Crippen LogP contribution < -0.4 is 5.32 Å². The predicted molar refractivity (Wildman–Crippen MR) is 71.4 cm³/mol. The lowest BCUT2D eigenvalue weighted by Gasteiger charge is -2.04. The van der Waals surface area contributed by atoms with Gasteiger partial charge in [-0.25, -0.2) is 9.97 Å². The Kier molecular flexibility index (Phi) is 4.76. The molecule has 6 heteroatoms. The van der Waals surface area contributed by atoms with Crippen LogP contribution in [0.3, 0.4) is 0 Å². The van der Waals surface area contributed by atoms with Gasteiger partial charge in [-0.15, -0.1) is 0 Å². The third-order valence-electron chi connectivity index (χ3n) is 2.39. The summed E-state index contributed by atoms with van der Waals surface area (Å²) in [6.45, 7) is 0.0814. The van der Waals surface area contributed by atoms with Crippen LogP contribution in [-0.4, -0.2) is 32.6 Å². The van der Waals surface area contributed by atoms with Gasteiger partial charge >= 0.3 is 0 Å². The lowest BCUT2D eigenvalue weighted by Crippen LogP contribution is -2.23. The number of aliphatic hydroxyl groups excluding tert-OH is 1. The van der Waals surface area contributed by atoms with Crippen molar-refractivity contribution in [2.24, 2.45) is 0 Å². The fourth-order valence-electron chi connectivity index (χ4n) is 1.47. The number of rotatable bonds is 3. The first-order valence-corrected chi connectivity index (χ1v) is 5.87. The van der Waals surface area contributed by atoms with Crippen LogP contribution in [0, 0.1) is 11.8 Å². The highest BCUT2D eigenvalue weighted by Gasteiger charge is 2.06. The molecule has 0 bridgehead atoms. The standard InChI is InChI=1S/C14H12N4O2/c19-5-1-2-11-6-12(8-16-7-11)14(20)17-9-13-3-4-15-10-18-13/h3-4,6-8,10,19H,5,9H2,(H,17,20). The van der Waals surface area contributed by atoms with E-state index in [4.69, 9.17) is 5.11 Å². The first kappa shape index (κ1) is 13.6. The number of carbonyl (C=O) groups is 1. The molecule has 0 unspecified atom stereocenters. The number of carbonyl (C=O) groups excluding carboxylic acids is 1. The molecule has 0 saturated heterocycles. The zero-order valence-corrected chi connectivity index (χ0v) is 10.6. The Hall–Kier alpha value is -2.78. The number of pyridine rings is 1.